The topological polar surface area (TPSA) is 88.3 Å². The SMILES string of the molecule is CCN1C(=O)/C(=C/c2cc([N+](=O)[O-])ccc2N2CCOCC2)SC1=Nc1ccc(F)cc1. The number of carbonyl (C=O) groups is 1. The summed E-state index contributed by atoms with van der Waals surface area (Å²) in [5.41, 5.74) is 1.89. The molecule has 0 saturated carbocycles. The Morgan fingerprint density at radius 3 is 2.59 bits per heavy atom. The van der Waals surface area contributed by atoms with E-state index in [1.54, 1.807) is 24.3 Å². The predicted molar refractivity (Wildman–Crippen MR) is 123 cm³/mol. The van der Waals surface area contributed by atoms with Crippen molar-refractivity contribution in [2.75, 3.05) is 37.7 Å². The van der Waals surface area contributed by atoms with Crippen LogP contribution < -0.4 is 4.90 Å². The highest BCUT2D eigenvalue weighted by Crippen LogP contribution is 2.36. The Labute approximate surface area is 188 Å². The zero-order valence-electron chi connectivity index (χ0n) is 17.4. The summed E-state index contributed by atoms with van der Waals surface area (Å²) in [5, 5.41) is 11.8. The molecular weight excluding hydrogens is 435 g/mol. The van der Waals surface area contributed by atoms with E-state index in [2.05, 4.69) is 9.89 Å². The predicted octanol–water partition coefficient (Wildman–Crippen LogP) is 4.19. The standard InChI is InChI=1S/C22H21FN4O4S/c1-2-26-21(28)20(32-22(26)24-17-5-3-16(23)4-6-17)14-15-13-18(27(29)30)7-8-19(15)25-9-11-31-12-10-25/h3-8,13-14H,2,9-12H2,1H3/b20-14-,24-22?. The Morgan fingerprint density at radius 1 is 1.22 bits per heavy atom. The van der Waals surface area contributed by atoms with E-state index in [-0.39, 0.29) is 17.4 Å². The Hall–Kier alpha value is -3.24. The molecule has 0 radical (unpaired) electrons. The molecule has 2 aliphatic rings. The summed E-state index contributed by atoms with van der Waals surface area (Å²) in [7, 11) is 0. The number of rotatable bonds is 5. The van der Waals surface area contributed by atoms with Gasteiger partial charge in [-0.2, -0.15) is 0 Å². The van der Waals surface area contributed by atoms with Gasteiger partial charge in [-0.15, -0.1) is 0 Å². The first-order valence-electron chi connectivity index (χ1n) is 10.1. The lowest BCUT2D eigenvalue weighted by Crippen LogP contribution is -2.36. The lowest BCUT2D eigenvalue weighted by Gasteiger charge is -2.30. The van der Waals surface area contributed by atoms with Crippen LogP contribution in [0.1, 0.15) is 12.5 Å². The quantitative estimate of drug-likeness (QED) is 0.381. The van der Waals surface area contributed by atoms with Crippen molar-refractivity contribution in [3.63, 3.8) is 0 Å². The van der Waals surface area contributed by atoms with Gasteiger partial charge in [0.25, 0.3) is 11.6 Å². The average molecular weight is 456 g/mol. The van der Waals surface area contributed by atoms with Gasteiger partial charge in [0.05, 0.1) is 28.7 Å². The van der Waals surface area contributed by atoms with Crippen molar-refractivity contribution in [3.05, 3.63) is 68.9 Å². The minimum absolute atomic E-state index is 0.0446. The molecule has 2 aromatic rings. The summed E-state index contributed by atoms with van der Waals surface area (Å²) in [6.07, 6.45) is 1.68. The highest BCUT2D eigenvalue weighted by atomic mass is 32.2. The molecule has 0 unspecified atom stereocenters. The Balaban J connectivity index is 1.72. The third-order valence-corrected chi connectivity index (χ3v) is 6.12. The van der Waals surface area contributed by atoms with E-state index in [1.807, 2.05) is 6.92 Å². The fourth-order valence-electron chi connectivity index (χ4n) is 3.50. The van der Waals surface area contributed by atoms with Crippen molar-refractivity contribution in [3.8, 4) is 0 Å². The van der Waals surface area contributed by atoms with Gasteiger partial charge in [0, 0.05) is 43.0 Å². The van der Waals surface area contributed by atoms with Crippen molar-refractivity contribution >= 4 is 46.0 Å². The van der Waals surface area contributed by atoms with Crippen LogP contribution in [0.4, 0.5) is 21.5 Å². The first-order valence-corrected chi connectivity index (χ1v) is 10.9. The van der Waals surface area contributed by atoms with E-state index in [0.717, 1.165) is 5.69 Å². The summed E-state index contributed by atoms with van der Waals surface area (Å²) in [5.74, 6) is -0.587. The van der Waals surface area contributed by atoms with Gasteiger partial charge in [0.15, 0.2) is 5.17 Å². The zero-order chi connectivity index (χ0) is 22.7. The molecule has 2 saturated heterocycles. The van der Waals surface area contributed by atoms with Crippen LogP contribution >= 0.6 is 11.8 Å². The van der Waals surface area contributed by atoms with Crippen LogP contribution in [0.3, 0.4) is 0 Å². The van der Waals surface area contributed by atoms with Gasteiger partial charge in [-0.25, -0.2) is 9.38 Å². The molecule has 166 valence electrons. The number of morpholine rings is 1. The number of nitro groups is 1. The maximum atomic E-state index is 13.2. The Bertz CT molecular complexity index is 1100. The molecule has 2 aliphatic heterocycles. The molecule has 2 heterocycles. The third kappa shape index (κ3) is 4.66. The van der Waals surface area contributed by atoms with E-state index in [9.17, 15) is 19.3 Å². The second-order valence-corrected chi connectivity index (χ2v) is 8.14. The minimum atomic E-state index is -0.450. The van der Waals surface area contributed by atoms with E-state index in [1.165, 1.54) is 40.9 Å². The van der Waals surface area contributed by atoms with Crippen molar-refractivity contribution < 1.29 is 18.8 Å². The van der Waals surface area contributed by atoms with Gasteiger partial charge in [-0.3, -0.25) is 19.8 Å². The van der Waals surface area contributed by atoms with Crippen molar-refractivity contribution in [1.29, 1.82) is 0 Å². The monoisotopic (exact) mass is 456 g/mol. The van der Waals surface area contributed by atoms with Crippen LogP contribution in [-0.2, 0) is 9.53 Å². The maximum absolute atomic E-state index is 13.2. The number of ether oxygens (including phenoxy) is 1. The molecule has 4 rings (SSSR count). The van der Waals surface area contributed by atoms with Gasteiger partial charge in [0.2, 0.25) is 0 Å². The molecule has 0 atom stereocenters. The van der Waals surface area contributed by atoms with Crippen LogP contribution in [0.2, 0.25) is 0 Å². The molecule has 32 heavy (non-hydrogen) atoms. The highest BCUT2D eigenvalue weighted by molar-refractivity contribution is 8.18. The van der Waals surface area contributed by atoms with E-state index >= 15 is 0 Å². The van der Waals surface area contributed by atoms with Crippen LogP contribution in [0.15, 0.2) is 52.4 Å². The van der Waals surface area contributed by atoms with Crippen LogP contribution in [0, 0.1) is 15.9 Å². The number of nitrogens with zero attached hydrogens (tertiary/aromatic N) is 4. The van der Waals surface area contributed by atoms with Gasteiger partial charge in [0.1, 0.15) is 5.82 Å². The van der Waals surface area contributed by atoms with Gasteiger partial charge in [-0.1, -0.05) is 0 Å². The smallest absolute Gasteiger partial charge is 0.270 e. The molecule has 8 nitrogen and oxygen atoms in total. The number of likely N-dealkylation sites (N-methyl/N-ethyl adjacent to an activating group) is 1. The normalized spacial score (nSPS) is 19.2. The molecule has 0 N–H and O–H groups in total. The Morgan fingerprint density at radius 2 is 1.94 bits per heavy atom. The lowest BCUT2D eigenvalue weighted by molar-refractivity contribution is -0.384. The summed E-state index contributed by atoms with van der Waals surface area (Å²) in [6, 6.07) is 10.4. The third-order valence-electron chi connectivity index (χ3n) is 5.12. The largest absolute Gasteiger partial charge is 0.378 e. The second kappa shape index (κ2) is 9.49. The number of hydrogen-bond acceptors (Lipinski definition) is 7. The number of halogens is 1. The second-order valence-electron chi connectivity index (χ2n) is 7.13. The van der Waals surface area contributed by atoms with E-state index < -0.39 is 4.92 Å². The molecular formula is C22H21FN4O4S. The van der Waals surface area contributed by atoms with E-state index in [0.29, 0.717) is 54.2 Å². The molecule has 0 bridgehead atoms. The summed E-state index contributed by atoms with van der Waals surface area (Å²) in [4.78, 5) is 32.5. The molecule has 1 amide bonds. The lowest BCUT2D eigenvalue weighted by atomic mass is 10.1. The van der Waals surface area contributed by atoms with Gasteiger partial charge in [-0.05, 0) is 55.1 Å². The van der Waals surface area contributed by atoms with Crippen LogP contribution in [0.5, 0.6) is 0 Å². The van der Waals surface area contributed by atoms with Gasteiger partial charge < -0.3 is 9.64 Å². The number of non-ortho nitro benzene ring substituents is 1. The van der Waals surface area contributed by atoms with Crippen LogP contribution in [0.25, 0.3) is 6.08 Å². The first kappa shape index (κ1) is 22.0. The van der Waals surface area contributed by atoms with Crippen molar-refractivity contribution in [2.24, 2.45) is 4.99 Å². The maximum Gasteiger partial charge on any atom is 0.270 e. The summed E-state index contributed by atoms with van der Waals surface area (Å²) >= 11 is 1.20. The Kier molecular flexibility index (Phi) is 6.52. The first-order chi connectivity index (χ1) is 15.5. The number of anilines is 1. The number of aliphatic imine (C=N–C) groups is 1. The number of benzene rings is 2. The van der Waals surface area contributed by atoms with Gasteiger partial charge >= 0.3 is 0 Å². The molecule has 2 aromatic carbocycles. The molecule has 0 aliphatic carbocycles. The number of thioether (sulfide) groups is 1. The number of amides is 1. The fourth-order valence-corrected chi connectivity index (χ4v) is 4.55. The van der Waals surface area contributed by atoms with E-state index in [4.69, 9.17) is 4.74 Å². The zero-order valence-corrected chi connectivity index (χ0v) is 18.2. The minimum Gasteiger partial charge on any atom is -0.378 e. The number of carbonyl (C=O) groups excluding carboxylic acids is 1. The number of nitro benzene ring substituents is 1. The summed E-state index contributed by atoms with van der Waals surface area (Å²) < 4.78 is 18.6. The molecule has 10 heteroatoms. The summed E-state index contributed by atoms with van der Waals surface area (Å²) in [6.45, 7) is 4.71. The molecule has 0 aromatic heterocycles. The molecule has 0 spiro atoms. The molecule has 2 fully saturated rings. The number of hydrogen-bond donors (Lipinski definition) is 0. The highest BCUT2D eigenvalue weighted by Gasteiger charge is 2.32. The van der Waals surface area contributed by atoms with Crippen molar-refractivity contribution in [2.45, 2.75) is 6.92 Å². The average Bonchev–Trinajstić information content (AvgIpc) is 3.09. The fraction of sp³-hybridized carbons (Fsp3) is 0.273. The number of amidine groups is 1. The van der Waals surface area contributed by atoms with Crippen molar-refractivity contribution in [1.82, 2.24) is 4.90 Å². The van der Waals surface area contributed by atoms with Crippen LogP contribution in [-0.4, -0.2) is 53.7 Å².